The van der Waals surface area contributed by atoms with Crippen LogP contribution in [0.3, 0.4) is 0 Å². The molecule has 2 aromatic carbocycles. The van der Waals surface area contributed by atoms with Crippen LogP contribution in [0, 0.1) is 13.8 Å². The Hall–Kier alpha value is -0.820. The van der Waals surface area contributed by atoms with Crippen LogP contribution in [0.5, 0.6) is 0 Å². The molecule has 0 aliphatic heterocycles. The minimum Gasteiger partial charge on any atom is -0.0587 e. The first-order valence-corrected chi connectivity index (χ1v) is 5.12. The predicted molar refractivity (Wildman–Crippen MR) is 61.1 cm³/mol. The van der Waals surface area contributed by atoms with E-state index in [-0.39, 0.29) is 0 Å². The summed E-state index contributed by atoms with van der Waals surface area (Å²) in [5.41, 5.74) is 2.60. The Morgan fingerprint density at radius 1 is 0.923 bits per heavy atom. The number of hydrogen-bond donors (Lipinski definition) is 0. The van der Waals surface area contributed by atoms with Crippen LogP contribution in [0.15, 0.2) is 34.8 Å². The third kappa shape index (κ3) is 1.61. The average Bonchev–Trinajstić information content (AvgIpc) is 2.08. The van der Waals surface area contributed by atoms with E-state index in [4.69, 9.17) is 0 Å². The molecule has 0 heterocycles. The summed E-state index contributed by atoms with van der Waals surface area (Å²) >= 11 is 3.54. The number of fused-ring (bicyclic) bond motifs is 1. The zero-order valence-corrected chi connectivity index (χ0v) is 9.35. The summed E-state index contributed by atoms with van der Waals surface area (Å²) in [5, 5.41) is 2.61. The van der Waals surface area contributed by atoms with Gasteiger partial charge in [0.1, 0.15) is 0 Å². The highest BCUT2D eigenvalue weighted by atomic mass is 79.9. The third-order valence-electron chi connectivity index (χ3n) is 2.27. The molecule has 0 unspecified atom stereocenters. The largest absolute Gasteiger partial charge is 0.0587 e. The zero-order chi connectivity index (χ0) is 9.42. The molecule has 66 valence electrons. The molecule has 0 spiro atoms. The molecule has 0 fully saturated rings. The fraction of sp³-hybridized carbons (Fsp3) is 0.167. The summed E-state index contributed by atoms with van der Waals surface area (Å²) in [6.07, 6.45) is 0. The van der Waals surface area contributed by atoms with Gasteiger partial charge in [-0.2, -0.15) is 0 Å². The van der Waals surface area contributed by atoms with Gasteiger partial charge in [0.25, 0.3) is 0 Å². The summed E-state index contributed by atoms with van der Waals surface area (Å²) in [4.78, 5) is 0. The van der Waals surface area contributed by atoms with E-state index in [0.717, 1.165) is 0 Å². The molecule has 0 aromatic heterocycles. The van der Waals surface area contributed by atoms with Gasteiger partial charge >= 0.3 is 0 Å². The van der Waals surface area contributed by atoms with Gasteiger partial charge in [-0.05, 0) is 36.2 Å². The Balaban J connectivity index is 2.81. The SMILES string of the molecule is Cc1ccc2cc(C)c(Br)cc2c1. The Labute approximate surface area is 86.7 Å². The van der Waals surface area contributed by atoms with Crippen molar-refractivity contribution in [2.75, 3.05) is 0 Å². The van der Waals surface area contributed by atoms with Crippen LogP contribution in [0.4, 0.5) is 0 Å². The molecule has 0 aliphatic rings. The normalized spacial score (nSPS) is 10.7. The first kappa shape index (κ1) is 8.76. The van der Waals surface area contributed by atoms with E-state index in [1.807, 2.05) is 0 Å². The smallest absolute Gasteiger partial charge is 0.0210 e. The van der Waals surface area contributed by atoms with E-state index in [1.54, 1.807) is 0 Å². The zero-order valence-electron chi connectivity index (χ0n) is 7.76. The van der Waals surface area contributed by atoms with Gasteiger partial charge < -0.3 is 0 Å². The second-order valence-corrected chi connectivity index (χ2v) is 4.31. The maximum Gasteiger partial charge on any atom is 0.0210 e. The van der Waals surface area contributed by atoms with Gasteiger partial charge in [0, 0.05) is 4.47 Å². The van der Waals surface area contributed by atoms with Crippen molar-refractivity contribution in [3.8, 4) is 0 Å². The van der Waals surface area contributed by atoms with Crippen molar-refractivity contribution in [2.45, 2.75) is 13.8 Å². The van der Waals surface area contributed by atoms with Crippen LogP contribution in [0.1, 0.15) is 11.1 Å². The number of benzene rings is 2. The first-order valence-electron chi connectivity index (χ1n) is 4.33. The maximum atomic E-state index is 3.54. The summed E-state index contributed by atoms with van der Waals surface area (Å²) < 4.78 is 1.19. The highest BCUT2D eigenvalue weighted by Crippen LogP contribution is 2.24. The highest BCUT2D eigenvalue weighted by Gasteiger charge is 1.98. The molecule has 2 aromatic rings. The quantitative estimate of drug-likeness (QED) is 0.641. The summed E-state index contributed by atoms with van der Waals surface area (Å²) in [6, 6.07) is 10.9. The van der Waals surface area contributed by atoms with Crippen LogP contribution in [-0.2, 0) is 0 Å². The molecule has 1 heteroatoms. The van der Waals surface area contributed by atoms with Crippen molar-refractivity contribution in [3.63, 3.8) is 0 Å². The van der Waals surface area contributed by atoms with Crippen LogP contribution in [-0.4, -0.2) is 0 Å². The Morgan fingerprint density at radius 3 is 2.46 bits per heavy atom. The van der Waals surface area contributed by atoms with Gasteiger partial charge in [0.05, 0.1) is 0 Å². The van der Waals surface area contributed by atoms with Crippen LogP contribution in [0.25, 0.3) is 10.8 Å². The third-order valence-corrected chi connectivity index (χ3v) is 3.13. The van der Waals surface area contributed by atoms with Gasteiger partial charge in [-0.15, -0.1) is 0 Å². The van der Waals surface area contributed by atoms with E-state index >= 15 is 0 Å². The lowest BCUT2D eigenvalue weighted by Crippen LogP contribution is -1.79. The lowest BCUT2D eigenvalue weighted by Gasteiger charge is -2.03. The minimum atomic E-state index is 1.19. The molecule has 0 atom stereocenters. The molecule has 0 saturated heterocycles. The van der Waals surface area contributed by atoms with Crippen LogP contribution >= 0.6 is 15.9 Å². The van der Waals surface area contributed by atoms with Gasteiger partial charge in [0.15, 0.2) is 0 Å². The maximum absolute atomic E-state index is 3.54. The van der Waals surface area contributed by atoms with E-state index < -0.39 is 0 Å². The summed E-state index contributed by atoms with van der Waals surface area (Å²) in [7, 11) is 0. The van der Waals surface area contributed by atoms with Crippen LogP contribution in [0.2, 0.25) is 0 Å². The van der Waals surface area contributed by atoms with Crippen molar-refractivity contribution in [1.29, 1.82) is 0 Å². The molecule has 0 bridgehead atoms. The monoisotopic (exact) mass is 234 g/mol. The molecular formula is C12H11Br. The highest BCUT2D eigenvalue weighted by molar-refractivity contribution is 9.10. The first-order chi connectivity index (χ1) is 6.16. The van der Waals surface area contributed by atoms with Crippen molar-refractivity contribution in [3.05, 3.63) is 45.9 Å². The van der Waals surface area contributed by atoms with E-state index in [0.29, 0.717) is 0 Å². The molecule has 0 radical (unpaired) electrons. The molecule has 0 saturated carbocycles. The fourth-order valence-corrected chi connectivity index (χ4v) is 1.86. The molecule has 2 rings (SSSR count). The minimum absolute atomic E-state index is 1.19. The van der Waals surface area contributed by atoms with Gasteiger partial charge in [-0.3, -0.25) is 0 Å². The number of hydrogen-bond acceptors (Lipinski definition) is 0. The second kappa shape index (κ2) is 3.15. The number of halogens is 1. The van der Waals surface area contributed by atoms with Crippen molar-refractivity contribution in [2.24, 2.45) is 0 Å². The lowest BCUT2D eigenvalue weighted by atomic mass is 10.1. The summed E-state index contributed by atoms with van der Waals surface area (Å²) in [6.45, 7) is 4.23. The van der Waals surface area contributed by atoms with Crippen LogP contribution < -0.4 is 0 Å². The van der Waals surface area contributed by atoms with Crippen molar-refractivity contribution >= 4 is 26.7 Å². The molecule has 0 nitrogen and oxygen atoms in total. The van der Waals surface area contributed by atoms with E-state index in [9.17, 15) is 0 Å². The van der Waals surface area contributed by atoms with Gasteiger partial charge in [-0.25, -0.2) is 0 Å². The molecule has 0 amide bonds. The predicted octanol–water partition coefficient (Wildman–Crippen LogP) is 4.22. The van der Waals surface area contributed by atoms with E-state index in [1.165, 1.54) is 26.4 Å². The van der Waals surface area contributed by atoms with Crippen molar-refractivity contribution < 1.29 is 0 Å². The van der Waals surface area contributed by atoms with E-state index in [2.05, 4.69) is 60.1 Å². The lowest BCUT2D eigenvalue weighted by molar-refractivity contribution is 1.45. The summed E-state index contributed by atoms with van der Waals surface area (Å²) in [5.74, 6) is 0. The van der Waals surface area contributed by atoms with Gasteiger partial charge in [0.2, 0.25) is 0 Å². The number of aryl methyl sites for hydroxylation is 2. The molecule has 13 heavy (non-hydrogen) atoms. The van der Waals surface area contributed by atoms with Gasteiger partial charge in [-0.1, -0.05) is 45.8 Å². The Kier molecular flexibility index (Phi) is 2.12. The Morgan fingerprint density at radius 2 is 1.69 bits per heavy atom. The standard InChI is InChI=1S/C12H11Br/c1-8-3-4-10-6-9(2)12(13)7-11(10)5-8/h3-7H,1-2H3. The second-order valence-electron chi connectivity index (χ2n) is 3.45. The number of rotatable bonds is 0. The fourth-order valence-electron chi connectivity index (χ4n) is 1.50. The molecule has 0 N–H and O–H groups in total. The van der Waals surface area contributed by atoms with Crippen molar-refractivity contribution in [1.82, 2.24) is 0 Å². The molecule has 0 aliphatic carbocycles. The molecular weight excluding hydrogens is 224 g/mol. The topological polar surface area (TPSA) is 0 Å². The average molecular weight is 235 g/mol. The Bertz CT molecular complexity index is 458.